The van der Waals surface area contributed by atoms with Gasteiger partial charge in [0.05, 0.1) is 6.26 Å². The molecular formula is C14H24N4O2S. The van der Waals surface area contributed by atoms with Crippen LogP contribution in [0.2, 0.25) is 0 Å². The number of hydrazine groups is 1. The molecule has 1 fully saturated rings. The third-order valence-electron chi connectivity index (χ3n) is 4.01. The predicted octanol–water partition coefficient (Wildman–Crippen LogP) is 0.518. The zero-order valence-electron chi connectivity index (χ0n) is 12.4. The molecule has 1 aromatic heterocycles. The van der Waals surface area contributed by atoms with E-state index in [1.807, 2.05) is 18.3 Å². The number of nitrogens with zero attached hydrogens (tertiary/aromatic N) is 2. The average molecular weight is 312 g/mol. The summed E-state index contributed by atoms with van der Waals surface area (Å²) in [6, 6.07) is 4.08. The molecule has 0 aromatic carbocycles. The molecule has 2 heterocycles. The topological polar surface area (TPSA) is 88.3 Å². The highest BCUT2D eigenvalue weighted by Crippen LogP contribution is 2.23. The third kappa shape index (κ3) is 5.03. The molecule has 7 heteroatoms. The van der Waals surface area contributed by atoms with E-state index < -0.39 is 10.0 Å². The zero-order valence-corrected chi connectivity index (χ0v) is 13.2. The van der Waals surface area contributed by atoms with Gasteiger partial charge in [0.25, 0.3) is 0 Å². The van der Waals surface area contributed by atoms with Crippen LogP contribution in [0.5, 0.6) is 0 Å². The second kappa shape index (κ2) is 7.31. The molecule has 0 amide bonds. The molecule has 0 aliphatic carbocycles. The Morgan fingerprint density at radius 2 is 2.38 bits per heavy atom. The van der Waals surface area contributed by atoms with Gasteiger partial charge in [0.2, 0.25) is 10.0 Å². The Balaban J connectivity index is 1.92. The normalized spacial score (nSPS) is 22.1. The lowest BCUT2D eigenvalue weighted by atomic mass is 9.90. The first-order chi connectivity index (χ1) is 9.99. The van der Waals surface area contributed by atoms with Gasteiger partial charge in [-0.2, -0.15) is 0 Å². The average Bonchev–Trinajstić information content (AvgIpc) is 2.47. The molecule has 3 N–H and O–H groups in total. The lowest BCUT2D eigenvalue weighted by Gasteiger charge is -2.32. The summed E-state index contributed by atoms with van der Waals surface area (Å²) >= 11 is 0. The Morgan fingerprint density at radius 1 is 1.57 bits per heavy atom. The van der Waals surface area contributed by atoms with Gasteiger partial charge in [0, 0.05) is 31.5 Å². The number of hydrogen-bond acceptors (Lipinski definition) is 5. The number of aromatic nitrogens is 1. The number of piperidine rings is 1. The molecule has 0 saturated carbocycles. The molecule has 6 nitrogen and oxygen atoms in total. The summed E-state index contributed by atoms with van der Waals surface area (Å²) in [6.45, 7) is 1.24. The van der Waals surface area contributed by atoms with Gasteiger partial charge in [-0.15, -0.1) is 0 Å². The van der Waals surface area contributed by atoms with Crippen molar-refractivity contribution < 1.29 is 8.42 Å². The maximum Gasteiger partial charge on any atom is 0.211 e. The van der Waals surface area contributed by atoms with Crippen LogP contribution in [0.3, 0.4) is 0 Å². The van der Waals surface area contributed by atoms with Crippen LogP contribution in [-0.2, 0) is 16.4 Å². The molecule has 0 bridgehead atoms. The molecule has 2 unspecified atom stereocenters. The summed E-state index contributed by atoms with van der Waals surface area (Å²) in [6.07, 6.45) is 8.52. The van der Waals surface area contributed by atoms with Crippen molar-refractivity contribution in [3.63, 3.8) is 0 Å². The smallest absolute Gasteiger partial charge is 0.211 e. The minimum Gasteiger partial charge on any atom is -0.271 e. The Labute approximate surface area is 126 Å². The summed E-state index contributed by atoms with van der Waals surface area (Å²) in [5.74, 6) is 6.01. The number of pyridine rings is 1. The van der Waals surface area contributed by atoms with Gasteiger partial charge in [-0.25, -0.2) is 12.7 Å². The van der Waals surface area contributed by atoms with E-state index >= 15 is 0 Å². The van der Waals surface area contributed by atoms with Crippen LogP contribution in [0.1, 0.15) is 24.8 Å². The van der Waals surface area contributed by atoms with Gasteiger partial charge in [0.15, 0.2) is 0 Å². The van der Waals surface area contributed by atoms with Crippen molar-refractivity contribution >= 4 is 10.0 Å². The van der Waals surface area contributed by atoms with E-state index in [1.54, 1.807) is 10.5 Å². The van der Waals surface area contributed by atoms with Gasteiger partial charge in [0.1, 0.15) is 0 Å². The highest BCUT2D eigenvalue weighted by molar-refractivity contribution is 7.88. The monoisotopic (exact) mass is 312 g/mol. The predicted molar refractivity (Wildman–Crippen MR) is 82.8 cm³/mol. The Morgan fingerprint density at radius 3 is 3.00 bits per heavy atom. The summed E-state index contributed by atoms with van der Waals surface area (Å²) in [4.78, 5) is 4.11. The van der Waals surface area contributed by atoms with E-state index in [9.17, 15) is 8.42 Å². The second-order valence-electron chi connectivity index (χ2n) is 5.79. The first kappa shape index (κ1) is 16.4. The molecule has 0 radical (unpaired) electrons. The van der Waals surface area contributed by atoms with Crippen molar-refractivity contribution in [3.8, 4) is 0 Å². The van der Waals surface area contributed by atoms with Crippen LogP contribution in [0.4, 0.5) is 0 Å². The summed E-state index contributed by atoms with van der Waals surface area (Å²) in [5.41, 5.74) is 3.99. The number of rotatable bonds is 6. The van der Waals surface area contributed by atoms with E-state index in [2.05, 4.69) is 10.4 Å². The highest BCUT2D eigenvalue weighted by atomic mass is 32.2. The minimum atomic E-state index is -3.09. The van der Waals surface area contributed by atoms with E-state index in [0.717, 1.165) is 31.2 Å². The zero-order chi connectivity index (χ0) is 15.3. The third-order valence-corrected chi connectivity index (χ3v) is 5.28. The molecule has 1 aliphatic rings. The fraction of sp³-hybridized carbons (Fsp3) is 0.643. The SMILES string of the molecule is CS(=O)(=O)N1CCCC(CC(Cc2cccnc2)NN)C1. The number of sulfonamides is 1. The van der Waals surface area contributed by atoms with Crippen molar-refractivity contribution in [3.05, 3.63) is 30.1 Å². The number of nitrogens with two attached hydrogens (primary N) is 1. The van der Waals surface area contributed by atoms with Crippen LogP contribution in [0.15, 0.2) is 24.5 Å². The summed E-state index contributed by atoms with van der Waals surface area (Å²) in [5, 5.41) is 0. The lowest BCUT2D eigenvalue weighted by molar-refractivity contribution is 0.237. The highest BCUT2D eigenvalue weighted by Gasteiger charge is 2.27. The van der Waals surface area contributed by atoms with Crippen LogP contribution in [0, 0.1) is 5.92 Å². The van der Waals surface area contributed by atoms with Crippen LogP contribution in [-0.4, -0.2) is 43.1 Å². The van der Waals surface area contributed by atoms with Gasteiger partial charge in [-0.1, -0.05) is 6.07 Å². The fourth-order valence-electron chi connectivity index (χ4n) is 2.94. The van der Waals surface area contributed by atoms with Gasteiger partial charge in [-0.3, -0.25) is 16.3 Å². The van der Waals surface area contributed by atoms with Crippen molar-refractivity contribution in [2.24, 2.45) is 11.8 Å². The van der Waals surface area contributed by atoms with Gasteiger partial charge in [-0.05, 0) is 43.2 Å². The molecule has 21 heavy (non-hydrogen) atoms. The first-order valence-electron chi connectivity index (χ1n) is 7.29. The lowest BCUT2D eigenvalue weighted by Crippen LogP contribution is -2.43. The van der Waals surface area contributed by atoms with Crippen molar-refractivity contribution in [2.45, 2.75) is 31.7 Å². The van der Waals surface area contributed by atoms with E-state index in [4.69, 9.17) is 5.84 Å². The molecule has 118 valence electrons. The number of nitrogens with one attached hydrogen (secondary N) is 1. The molecular weight excluding hydrogens is 288 g/mol. The number of hydrogen-bond donors (Lipinski definition) is 2. The van der Waals surface area contributed by atoms with Gasteiger partial charge >= 0.3 is 0 Å². The second-order valence-corrected chi connectivity index (χ2v) is 7.78. The van der Waals surface area contributed by atoms with Gasteiger partial charge < -0.3 is 0 Å². The van der Waals surface area contributed by atoms with Crippen molar-refractivity contribution in [2.75, 3.05) is 19.3 Å². The Bertz CT molecular complexity index is 535. The van der Waals surface area contributed by atoms with Crippen LogP contribution in [0.25, 0.3) is 0 Å². The molecule has 2 rings (SSSR count). The van der Waals surface area contributed by atoms with Crippen molar-refractivity contribution in [1.29, 1.82) is 0 Å². The quantitative estimate of drug-likeness (QED) is 0.590. The molecule has 2 atom stereocenters. The maximum absolute atomic E-state index is 11.7. The molecule has 1 aromatic rings. The van der Waals surface area contributed by atoms with Crippen molar-refractivity contribution in [1.82, 2.24) is 14.7 Å². The maximum atomic E-state index is 11.7. The molecule has 0 spiro atoms. The first-order valence-corrected chi connectivity index (χ1v) is 9.14. The summed E-state index contributed by atoms with van der Waals surface area (Å²) < 4.78 is 24.9. The van der Waals surface area contributed by atoms with Crippen LogP contribution >= 0.6 is 0 Å². The van der Waals surface area contributed by atoms with E-state index in [-0.39, 0.29) is 6.04 Å². The van der Waals surface area contributed by atoms with E-state index in [0.29, 0.717) is 19.0 Å². The minimum absolute atomic E-state index is 0.138. The largest absolute Gasteiger partial charge is 0.271 e. The molecule has 1 aliphatic heterocycles. The van der Waals surface area contributed by atoms with E-state index in [1.165, 1.54) is 6.26 Å². The van der Waals surface area contributed by atoms with Crippen LogP contribution < -0.4 is 11.3 Å². The Hall–Kier alpha value is -1.02. The summed E-state index contributed by atoms with van der Waals surface area (Å²) in [7, 11) is -3.09. The Kier molecular flexibility index (Phi) is 5.69. The molecule has 1 saturated heterocycles. The fourth-order valence-corrected chi connectivity index (χ4v) is 3.88. The standard InChI is InChI=1S/C14H24N4O2S/c1-21(19,20)18-7-3-5-13(11-18)9-14(17-15)8-12-4-2-6-16-10-12/h2,4,6,10,13-14,17H,3,5,7-9,11,15H2,1H3.